The number of carbonyl (C=O) groups excluding carboxylic acids is 2. The van der Waals surface area contributed by atoms with Gasteiger partial charge in [0.15, 0.2) is 11.9 Å². The Kier molecular flexibility index (Phi) is 6.09. The second kappa shape index (κ2) is 9.85. The summed E-state index contributed by atoms with van der Waals surface area (Å²) in [6, 6.07) is 19.2. The lowest BCUT2D eigenvalue weighted by atomic mass is 9.90. The van der Waals surface area contributed by atoms with Gasteiger partial charge in [-0.05, 0) is 31.0 Å². The van der Waals surface area contributed by atoms with E-state index in [-0.39, 0.29) is 17.6 Å². The van der Waals surface area contributed by atoms with E-state index < -0.39 is 0 Å². The number of aromatic nitrogens is 5. The molecule has 1 amide bonds. The van der Waals surface area contributed by atoms with Crippen molar-refractivity contribution in [2.24, 2.45) is 0 Å². The van der Waals surface area contributed by atoms with Gasteiger partial charge in [0.05, 0.1) is 23.1 Å². The molecule has 1 aliphatic rings. The molecule has 0 unspecified atom stereocenters. The van der Waals surface area contributed by atoms with Gasteiger partial charge >= 0.3 is 0 Å². The number of anilines is 1. The van der Waals surface area contributed by atoms with Crippen molar-refractivity contribution in [3.8, 4) is 22.4 Å². The first-order valence-electron chi connectivity index (χ1n) is 12.5. The number of nitrogens with two attached hydrogens (primary N) is 1. The van der Waals surface area contributed by atoms with Crippen LogP contribution in [0.3, 0.4) is 0 Å². The van der Waals surface area contributed by atoms with Crippen LogP contribution in [-0.2, 0) is 0 Å². The molecule has 0 aliphatic carbocycles. The maximum absolute atomic E-state index is 12.8. The Balaban J connectivity index is 1.30. The van der Waals surface area contributed by atoms with Crippen molar-refractivity contribution in [3.05, 3.63) is 96.2 Å². The van der Waals surface area contributed by atoms with Crippen LogP contribution in [0.1, 0.15) is 45.3 Å². The summed E-state index contributed by atoms with van der Waals surface area (Å²) in [4.78, 5) is 40.5. The molecule has 0 radical (unpaired) electrons. The summed E-state index contributed by atoms with van der Waals surface area (Å²) in [5.41, 5.74) is 12.0. The van der Waals surface area contributed by atoms with Crippen molar-refractivity contribution in [1.29, 1.82) is 0 Å². The standard InChI is InChI=1S/C29H25N7O2/c30-27-23(18-37)26(20-11-14-35(15-12-20)29(38)25-8-4-5-13-31-25)34-28-22(17-33-36(27)28)21-9-10-24(32-16-21)19-6-2-1-3-7-19/h1-10,13,16-18,20H,11-12,14-15,30H2. The van der Waals surface area contributed by atoms with Crippen molar-refractivity contribution in [1.82, 2.24) is 29.5 Å². The van der Waals surface area contributed by atoms with Crippen LogP contribution in [0.4, 0.5) is 5.82 Å². The highest BCUT2D eigenvalue weighted by atomic mass is 16.2. The topological polar surface area (TPSA) is 119 Å². The normalized spacial score (nSPS) is 14.1. The van der Waals surface area contributed by atoms with Crippen LogP contribution in [0.2, 0.25) is 0 Å². The Labute approximate surface area is 219 Å². The SMILES string of the molecule is Nc1c(C=O)c(C2CCN(C(=O)c3ccccn3)CC2)nc2c(-c3ccc(-c4ccccc4)nc3)cnn12. The number of fused-ring (bicyclic) bond motifs is 1. The van der Waals surface area contributed by atoms with Gasteiger partial charge < -0.3 is 10.6 Å². The van der Waals surface area contributed by atoms with Crippen molar-refractivity contribution in [2.45, 2.75) is 18.8 Å². The molecule has 0 spiro atoms. The zero-order chi connectivity index (χ0) is 26.1. The molecule has 1 saturated heterocycles. The molecule has 1 aliphatic heterocycles. The highest BCUT2D eigenvalue weighted by Gasteiger charge is 2.29. The second-order valence-electron chi connectivity index (χ2n) is 9.29. The Morgan fingerprint density at radius 3 is 2.39 bits per heavy atom. The van der Waals surface area contributed by atoms with Crippen LogP contribution in [-0.4, -0.2) is 54.7 Å². The average Bonchev–Trinajstić information content (AvgIpc) is 3.42. The predicted molar refractivity (Wildman–Crippen MR) is 144 cm³/mol. The van der Waals surface area contributed by atoms with E-state index >= 15 is 0 Å². The summed E-state index contributed by atoms with van der Waals surface area (Å²) in [6.45, 7) is 1.09. The molecule has 1 aromatic carbocycles. The average molecular weight is 504 g/mol. The first kappa shape index (κ1) is 23.5. The number of likely N-dealkylation sites (tertiary alicyclic amines) is 1. The molecule has 6 rings (SSSR count). The maximum Gasteiger partial charge on any atom is 0.272 e. The Hall–Kier alpha value is -4.92. The monoisotopic (exact) mass is 503 g/mol. The van der Waals surface area contributed by atoms with Crippen LogP contribution in [0.5, 0.6) is 0 Å². The molecule has 9 heteroatoms. The summed E-state index contributed by atoms with van der Waals surface area (Å²) in [6.07, 6.45) is 7.19. The Morgan fingerprint density at radius 2 is 1.71 bits per heavy atom. The lowest BCUT2D eigenvalue weighted by Gasteiger charge is -2.32. The van der Waals surface area contributed by atoms with Crippen LogP contribution >= 0.6 is 0 Å². The Bertz CT molecular complexity index is 1610. The minimum Gasteiger partial charge on any atom is -0.383 e. The third-order valence-electron chi connectivity index (χ3n) is 7.07. The van der Waals surface area contributed by atoms with E-state index in [1.54, 1.807) is 41.7 Å². The van der Waals surface area contributed by atoms with Gasteiger partial charge in [0.2, 0.25) is 0 Å². The number of carbonyl (C=O) groups is 2. The molecular weight excluding hydrogens is 478 g/mol. The molecule has 5 heterocycles. The van der Waals surface area contributed by atoms with E-state index in [2.05, 4.69) is 15.1 Å². The number of amides is 1. The van der Waals surface area contributed by atoms with Crippen LogP contribution in [0, 0.1) is 0 Å². The minimum atomic E-state index is -0.0906. The molecule has 5 aromatic rings. The van der Waals surface area contributed by atoms with Crippen molar-refractivity contribution < 1.29 is 9.59 Å². The van der Waals surface area contributed by atoms with Crippen LogP contribution < -0.4 is 5.73 Å². The summed E-state index contributed by atoms with van der Waals surface area (Å²) < 4.78 is 1.51. The van der Waals surface area contributed by atoms with Crippen LogP contribution in [0.15, 0.2) is 79.3 Å². The largest absolute Gasteiger partial charge is 0.383 e. The first-order valence-corrected chi connectivity index (χ1v) is 12.5. The summed E-state index contributed by atoms with van der Waals surface area (Å²) in [5, 5.41) is 4.42. The van der Waals surface area contributed by atoms with Gasteiger partial charge in [0.25, 0.3) is 5.91 Å². The minimum absolute atomic E-state index is 0.0170. The van der Waals surface area contributed by atoms with Gasteiger partial charge in [-0.25, -0.2) is 4.98 Å². The number of piperidine rings is 1. The van der Waals surface area contributed by atoms with Crippen molar-refractivity contribution in [2.75, 3.05) is 18.8 Å². The molecule has 0 atom stereocenters. The molecule has 1 fully saturated rings. The van der Waals surface area contributed by atoms with Crippen LogP contribution in [0.25, 0.3) is 28.0 Å². The molecular formula is C29H25N7O2. The zero-order valence-corrected chi connectivity index (χ0v) is 20.6. The zero-order valence-electron chi connectivity index (χ0n) is 20.6. The third kappa shape index (κ3) is 4.17. The number of rotatable bonds is 5. The Morgan fingerprint density at radius 1 is 0.921 bits per heavy atom. The van der Waals surface area contributed by atoms with Crippen molar-refractivity contribution >= 4 is 23.7 Å². The summed E-state index contributed by atoms with van der Waals surface area (Å²) in [5.74, 6) is 0.149. The van der Waals surface area contributed by atoms with E-state index in [9.17, 15) is 9.59 Å². The van der Waals surface area contributed by atoms with Crippen molar-refractivity contribution in [3.63, 3.8) is 0 Å². The highest BCUT2D eigenvalue weighted by Crippen LogP contribution is 2.34. The number of hydrogen-bond donors (Lipinski definition) is 1. The first-order chi connectivity index (χ1) is 18.6. The predicted octanol–water partition coefficient (Wildman–Crippen LogP) is 4.27. The van der Waals surface area contributed by atoms with Gasteiger partial charge in [-0.3, -0.25) is 19.6 Å². The van der Waals surface area contributed by atoms with Gasteiger partial charge in [0, 0.05) is 48.1 Å². The van der Waals surface area contributed by atoms with E-state index in [4.69, 9.17) is 10.7 Å². The smallest absolute Gasteiger partial charge is 0.272 e. The number of nitrogen functional groups attached to an aromatic ring is 1. The molecule has 188 valence electrons. The van der Waals surface area contributed by atoms with Gasteiger partial charge in [-0.2, -0.15) is 9.61 Å². The highest BCUT2D eigenvalue weighted by molar-refractivity contribution is 5.92. The fourth-order valence-corrected chi connectivity index (χ4v) is 5.02. The summed E-state index contributed by atoms with van der Waals surface area (Å²) in [7, 11) is 0. The lowest BCUT2D eigenvalue weighted by Crippen LogP contribution is -2.38. The maximum atomic E-state index is 12.8. The quantitative estimate of drug-likeness (QED) is 0.356. The molecule has 0 bridgehead atoms. The lowest BCUT2D eigenvalue weighted by molar-refractivity contribution is 0.0705. The number of benzene rings is 1. The third-order valence-corrected chi connectivity index (χ3v) is 7.07. The van der Waals surface area contributed by atoms with Gasteiger partial charge in [-0.1, -0.05) is 42.5 Å². The fourth-order valence-electron chi connectivity index (χ4n) is 5.02. The molecule has 0 saturated carbocycles. The number of hydrogen-bond acceptors (Lipinski definition) is 7. The van der Waals surface area contributed by atoms with E-state index in [1.807, 2.05) is 42.5 Å². The summed E-state index contributed by atoms with van der Waals surface area (Å²) >= 11 is 0. The number of aldehydes is 1. The molecule has 38 heavy (non-hydrogen) atoms. The number of pyridine rings is 2. The number of nitrogens with zero attached hydrogens (tertiary/aromatic N) is 6. The molecule has 9 nitrogen and oxygen atoms in total. The fraction of sp³-hybridized carbons (Fsp3) is 0.172. The van der Waals surface area contributed by atoms with Gasteiger partial charge in [0.1, 0.15) is 11.5 Å². The van der Waals surface area contributed by atoms with E-state index in [1.165, 1.54) is 4.52 Å². The van der Waals surface area contributed by atoms with E-state index in [0.717, 1.165) is 28.7 Å². The van der Waals surface area contributed by atoms with E-state index in [0.29, 0.717) is 48.5 Å². The second-order valence-corrected chi connectivity index (χ2v) is 9.29. The molecule has 2 N–H and O–H groups in total. The van der Waals surface area contributed by atoms with Gasteiger partial charge in [-0.15, -0.1) is 0 Å². The molecule has 4 aromatic heterocycles.